The Kier molecular flexibility index (Phi) is 7.34. The Labute approximate surface area is 164 Å². The van der Waals surface area contributed by atoms with Crippen LogP contribution in [0.25, 0.3) is 0 Å². The van der Waals surface area contributed by atoms with Crippen molar-refractivity contribution in [1.29, 1.82) is 0 Å². The summed E-state index contributed by atoms with van der Waals surface area (Å²) < 4.78 is 0. The van der Waals surface area contributed by atoms with Crippen molar-refractivity contribution in [2.75, 3.05) is 18.5 Å². The number of nitrogens with zero attached hydrogens (tertiary/aromatic N) is 4. The Morgan fingerprint density at radius 3 is 2.61 bits per heavy atom. The fourth-order valence-corrected chi connectivity index (χ4v) is 2.53. The molecular formula is C20H27N6O2+. The number of carbonyl (C=O) groups excluding carboxylic acids is 1. The molecule has 0 bridgehead atoms. The van der Waals surface area contributed by atoms with E-state index in [0.29, 0.717) is 42.1 Å². The topological polar surface area (TPSA) is 116 Å². The Hall–Kier alpha value is -3.13. The summed E-state index contributed by atoms with van der Waals surface area (Å²) in [4.78, 5) is 23.3. The first-order valence-electron chi connectivity index (χ1n) is 9.11. The number of nitrogens with two attached hydrogens (primary N) is 1. The molecule has 0 saturated heterocycles. The molecule has 0 aliphatic heterocycles. The van der Waals surface area contributed by atoms with Crippen LogP contribution in [-0.4, -0.2) is 51.4 Å². The van der Waals surface area contributed by atoms with Gasteiger partial charge in [-0.25, -0.2) is 9.97 Å². The van der Waals surface area contributed by atoms with Crippen molar-refractivity contribution < 1.29 is 15.3 Å². The summed E-state index contributed by atoms with van der Waals surface area (Å²) in [6, 6.07) is 7.18. The first-order chi connectivity index (χ1) is 13.4. The smallest absolute Gasteiger partial charge is 0.256 e. The number of hydrazone groups is 1. The maximum Gasteiger partial charge on any atom is 0.256 e. The number of aromatic nitrogens is 2. The van der Waals surface area contributed by atoms with Crippen LogP contribution in [0.15, 0.2) is 41.8 Å². The summed E-state index contributed by atoms with van der Waals surface area (Å²) in [5, 5.41) is 19.2. The van der Waals surface area contributed by atoms with Crippen LogP contribution in [0.3, 0.4) is 0 Å². The Morgan fingerprint density at radius 1 is 1.32 bits per heavy atom. The van der Waals surface area contributed by atoms with E-state index in [1.54, 1.807) is 43.3 Å². The summed E-state index contributed by atoms with van der Waals surface area (Å²) in [6.07, 6.45) is 6.46. The van der Waals surface area contributed by atoms with E-state index in [0.717, 1.165) is 0 Å². The van der Waals surface area contributed by atoms with Gasteiger partial charge in [0, 0.05) is 37.5 Å². The van der Waals surface area contributed by atoms with Gasteiger partial charge < -0.3 is 10.0 Å². The van der Waals surface area contributed by atoms with Gasteiger partial charge in [-0.1, -0.05) is 12.1 Å². The van der Waals surface area contributed by atoms with Crippen molar-refractivity contribution in [3.63, 3.8) is 0 Å². The predicted octanol–water partition coefficient (Wildman–Crippen LogP) is 0.636. The minimum absolute atomic E-state index is 0.106. The lowest BCUT2D eigenvalue weighted by molar-refractivity contribution is -0.102. The lowest BCUT2D eigenvalue weighted by atomic mass is 10.0. The Morgan fingerprint density at radius 2 is 2.00 bits per heavy atom. The molecule has 0 radical (unpaired) electrons. The number of hydrogen-bond acceptors (Lipinski definition) is 6. The molecule has 0 atom stereocenters. The van der Waals surface area contributed by atoms with Crippen LogP contribution in [0, 0.1) is 0 Å². The number of rotatable bonds is 9. The van der Waals surface area contributed by atoms with E-state index in [9.17, 15) is 9.90 Å². The van der Waals surface area contributed by atoms with Gasteiger partial charge in [-0.15, -0.1) is 0 Å². The predicted molar refractivity (Wildman–Crippen MR) is 109 cm³/mol. The van der Waals surface area contributed by atoms with E-state index < -0.39 is 5.60 Å². The zero-order valence-electron chi connectivity index (χ0n) is 16.5. The van der Waals surface area contributed by atoms with Gasteiger partial charge in [-0.05, 0) is 32.9 Å². The molecular weight excluding hydrogens is 356 g/mol. The average Bonchev–Trinajstić information content (AvgIpc) is 2.68. The van der Waals surface area contributed by atoms with Gasteiger partial charge in [0.25, 0.3) is 5.91 Å². The second-order valence-electron chi connectivity index (χ2n) is 6.71. The van der Waals surface area contributed by atoms with E-state index in [-0.39, 0.29) is 5.91 Å². The lowest BCUT2D eigenvalue weighted by Crippen LogP contribution is -2.33. The second-order valence-corrected chi connectivity index (χ2v) is 6.71. The maximum atomic E-state index is 13.0. The lowest BCUT2D eigenvalue weighted by Gasteiger charge is -2.22. The third kappa shape index (κ3) is 5.68. The van der Waals surface area contributed by atoms with Crippen LogP contribution >= 0.6 is 0 Å². The number of likely N-dealkylation sites (N-methyl/N-ethyl adjacent to an activating group) is 1. The van der Waals surface area contributed by atoms with Gasteiger partial charge in [-0.3, -0.25) is 15.6 Å². The molecule has 2 rings (SSSR count). The zero-order chi connectivity index (χ0) is 20.6. The molecule has 148 valence electrons. The number of amides is 1. The van der Waals surface area contributed by atoms with E-state index in [1.165, 1.54) is 12.4 Å². The van der Waals surface area contributed by atoms with Crippen molar-refractivity contribution in [2.45, 2.75) is 32.8 Å². The number of para-hydroxylation sites is 1. The molecule has 0 saturated carbocycles. The number of nitrogens with one attached hydrogen (secondary N) is 1. The van der Waals surface area contributed by atoms with Crippen LogP contribution in [0.5, 0.6) is 0 Å². The van der Waals surface area contributed by atoms with E-state index in [1.807, 2.05) is 19.1 Å². The van der Waals surface area contributed by atoms with E-state index in [4.69, 9.17) is 5.41 Å². The monoisotopic (exact) mass is 383 g/mol. The Bertz CT molecular complexity index is 827. The molecule has 0 fully saturated rings. The quantitative estimate of drug-likeness (QED) is 0.434. The highest BCUT2D eigenvalue weighted by molar-refractivity contribution is 6.13. The minimum Gasteiger partial charge on any atom is -0.386 e. The molecule has 0 aliphatic carbocycles. The summed E-state index contributed by atoms with van der Waals surface area (Å²) >= 11 is 0. The highest BCUT2D eigenvalue weighted by Crippen LogP contribution is 2.19. The van der Waals surface area contributed by atoms with Gasteiger partial charge in [0.2, 0.25) is 0 Å². The molecule has 2 aromatic rings. The largest absolute Gasteiger partial charge is 0.386 e. The van der Waals surface area contributed by atoms with Crippen molar-refractivity contribution in [2.24, 2.45) is 5.10 Å². The molecule has 28 heavy (non-hydrogen) atoms. The van der Waals surface area contributed by atoms with Crippen LogP contribution in [0.1, 0.15) is 42.5 Å². The normalized spacial score (nSPS) is 11.4. The highest BCUT2D eigenvalue weighted by atomic mass is 16.3. The van der Waals surface area contributed by atoms with Gasteiger partial charge >= 0.3 is 0 Å². The molecule has 0 aliphatic rings. The molecule has 0 unspecified atom stereocenters. The van der Waals surface area contributed by atoms with Gasteiger partial charge in [-0.2, -0.15) is 5.10 Å². The first-order valence-corrected chi connectivity index (χ1v) is 9.11. The fourth-order valence-electron chi connectivity index (χ4n) is 2.53. The Balaban J connectivity index is 2.08. The molecule has 8 heteroatoms. The van der Waals surface area contributed by atoms with E-state index >= 15 is 0 Å². The molecule has 1 heterocycles. The van der Waals surface area contributed by atoms with Gasteiger partial charge in [0.1, 0.15) is 12.0 Å². The number of anilines is 1. The number of benzene rings is 1. The maximum absolute atomic E-state index is 13.0. The average molecular weight is 383 g/mol. The number of carbonyl (C=O) groups is 1. The molecule has 1 aromatic heterocycles. The first kappa shape index (κ1) is 21.2. The third-order valence-electron chi connectivity index (χ3n) is 4.19. The molecule has 1 amide bonds. The fraction of sp³-hybridized carbons (Fsp3) is 0.350. The summed E-state index contributed by atoms with van der Waals surface area (Å²) in [5.74, 6) is 0.513. The van der Waals surface area contributed by atoms with E-state index in [2.05, 4.69) is 20.5 Å². The molecule has 0 spiro atoms. The van der Waals surface area contributed by atoms with Crippen molar-refractivity contribution in [3.05, 3.63) is 53.6 Å². The van der Waals surface area contributed by atoms with Gasteiger partial charge in [0.15, 0.2) is 6.21 Å². The van der Waals surface area contributed by atoms with Crippen molar-refractivity contribution in [3.8, 4) is 0 Å². The molecule has 8 nitrogen and oxygen atoms in total. The van der Waals surface area contributed by atoms with Crippen LogP contribution < -0.4 is 10.8 Å². The highest BCUT2D eigenvalue weighted by Gasteiger charge is 2.19. The number of aliphatic hydroxyl groups is 1. The summed E-state index contributed by atoms with van der Waals surface area (Å²) in [6.45, 7) is 6.32. The zero-order valence-corrected chi connectivity index (χ0v) is 16.5. The molecule has 4 N–H and O–H groups in total. The summed E-state index contributed by atoms with van der Waals surface area (Å²) in [5.41, 5.74) is 3.63. The SMILES string of the molecule is CCN(CCc1ncc(C(C)(C)O)cn1)C(=O)c1ccccc1N/N=C\C=[NH2+]. The summed E-state index contributed by atoms with van der Waals surface area (Å²) in [7, 11) is 0. The standard InChI is InChI=1S/C20H26N6O2/c1-4-26(12-9-18-22-13-15(14-23-18)20(2,3)28)19(27)16-7-5-6-8-17(16)25-24-11-10-21/h5-8,10-11,13-14,21,25,28H,4,9,12H2,1-3H3/p+1/b21-10?,24-11-. The van der Waals surface area contributed by atoms with Crippen molar-refractivity contribution >= 4 is 24.0 Å². The van der Waals surface area contributed by atoms with Crippen LogP contribution in [0.2, 0.25) is 0 Å². The van der Waals surface area contributed by atoms with Crippen LogP contribution in [-0.2, 0) is 12.0 Å². The van der Waals surface area contributed by atoms with Gasteiger partial charge in [0.05, 0.1) is 16.9 Å². The second kappa shape index (κ2) is 9.70. The molecule has 1 aromatic carbocycles. The van der Waals surface area contributed by atoms with Crippen LogP contribution in [0.4, 0.5) is 5.69 Å². The minimum atomic E-state index is -0.981. The third-order valence-corrected chi connectivity index (χ3v) is 4.19. The van der Waals surface area contributed by atoms with Crippen molar-refractivity contribution in [1.82, 2.24) is 14.9 Å². The number of hydrogen-bond donors (Lipinski definition) is 3.